The lowest BCUT2D eigenvalue weighted by atomic mass is 10.1. The minimum absolute atomic E-state index is 0.347. The van der Waals surface area contributed by atoms with Crippen LogP contribution >= 0.6 is 0 Å². The SMILES string of the molecule is [15NH2]C(Cc1c[nH]c2ccccc12)C(=O)O. The first-order chi connectivity index (χ1) is 7.18. The van der Waals surface area contributed by atoms with Gasteiger partial charge in [-0.15, -0.1) is 0 Å². The number of nitrogens with two attached hydrogens (primary N) is 1. The molecule has 2 rings (SSSR count). The number of aliphatic carboxylic acids is 1. The van der Waals surface area contributed by atoms with Crippen molar-refractivity contribution in [2.24, 2.45) is 5.73 Å². The predicted octanol–water partition coefficient (Wildman–Crippen LogP) is 1.12. The molecule has 0 fully saturated rings. The molecule has 0 aliphatic heterocycles. The minimum Gasteiger partial charge on any atom is -0.480 e. The van der Waals surface area contributed by atoms with Crippen LogP contribution in [0.4, 0.5) is 0 Å². The maximum Gasteiger partial charge on any atom is 0.320 e. The first kappa shape index (κ1) is 9.73. The molecule has 4 heteroatoms. The van der Waals surface area contributed by atoms with Crippen molar-refractivity contribution in [2.75, 3.05) is 0 Å². The zero-order chi connectivity index (χ0) is 10.8. The maximum absolute atomic E-state index is 10.6. The first-order valence-electron chi connectivity index (χ1n) is 4.72. The number of rotatable bonds is 3. The summed E-state index contributed by atoms with van der Waals surface area (Å²) in [6.45, 7) is 0. The van der Waals surface area contributed by atoms with Crippen molar-refractivity contribution in [1.82, 2.24) is 4.98 Å². The van der Waals surface area contributed by atoms with Crippen LogP contribution in [0.2, 0.25) is 0 Å². The number of carbonyl (C=O) groups is 1. The third-order valence-corrected chi connectivity index (χ3v) is 2.43. The summed E-state index contributed by atoms with van der Waals surface area (Å²) in [5, 5.41) is 9.75. The molecule has 0 spiro atoms. The summed E-state index contributed by atoms with van der Waals surface area (Å²) in [6, 6.07) is 6.91. The number of para-hydroxylation sites is 1. The summed E-state index contributed by atoms with van der Waals surface area (Å²) < 4.78 is 0. The number of hydrogen-bond acceptors (Lipinski definition) is 2. The molecule has 1 aromatic carbocycles. The Morgan fingerprint density at radius 2 is 2.20 bits per heavy atom. The standard InChI is InChI=1S/C11H12N2O2/c12-9(11(14)15)5-7-6-13-10-4-2-1-3-8(7)10/h1-4,6,9,13H,5,12H2,(H,14,15)/i12+1. The molecule has 0 radical (unpaired) electrons. The number of aromatic nitrogens is 1. The van der Waals surface area contributed by atoms with E-state index in [4.69, 9.17) is 10.8 Å². The van der Waals surface area contributed by atoms with Crippen LogP contribution in [-0.2, 0) is 11.2 Å². The molecular formula is C11H12N2O2. The topological polar surface area (TPSA) is 79.1 Å². The molecule has 1 heterocycles. The third kappa shape index (κ3) is 1.85. The lowest BCUT2D eigenvalue weighted by molar-refractivity contribution is -0.138. The highest BCUT2D eigenvalue weighted by molar-refractivity contribution is 5.84. The van der Waals surface area contributed by atoms with E-state index in [9.17, 15) is 4.79 Å². The molecule has 0 saturated carbocycles. The molecular weight excluding hydrogens is 193 g/mol. The Balaban J connectivity index is 2.32. The zero-order valence-electron chi connectivity index (χ0n) is 8.10. The monoisotopic (exact) mass is 205 g/mol. The second-order valence-electron chi connectivity index (χ2n) is 3.51. The highest BCUT2D eigenvalue weighted by Gasteiger charge is 2.14. The van der Waals surface area contributed by atoms with E-state index in [0.29, 0.717) is 6.42 Å². The quantitative estimate of drug-likeness (QED) is 0.657. The van der Waals surface area contributed by atoms with E-state index >= 15 is 0 Å². The number of H-pyrrole nitrogens is 1. The van der Waals surface area contributed by atoms with Gasteiger partial charge < -0.3 is 15.8 Å². The lowest BCUT2D eigenvalue weighted by Crippen LogP contribution is -2.32. The lowest BCUT2D eigenvalue weighted by Gasteiger charge is -2.04. The number of fused-ring (bicyclic) bond motifs is 1. The van der Waals surface area contributed by atoms with Crippen LogP contribution in [0, 0.1) is 0 Å². The van der Waals surface area contributed by atoms with Gasteiger partial charge in [-0.05, 0) is 11.6 Å². The summed E-state index contributed by atoms with van der Waals surface area (Å²) in [5.74, 6) is -0.972. The Kier molecular flexibility index (Phi) is 2.43. The normalized spacial score (nSPS) is 12.9. The smallest absolute Gasteiger partial charge is 0.320 e. The largest absolute Gasteiger partial charge is 0.480 e. The molecule has 1 aromatic heterocycles. The van der Waals surface area contributed by atoms with Crippen LogP contribution < -0.4 is 5.73 Å². The van der Waals surface area contributed by atoms with Crippen molar-refractivity contribution in [2.45, 2.75) is 12.5 Å². The molecule has 0 aliphatic rings. The number of carboxylic acids is 1. The molecule has 4 nitrogen and oxygen atoms in total. The highest BCUT2D eigenvalue weighted by Crippen LogP contribution is 2.18. The highest BCUT2D eigenvalue weighted by atomic mass is 16.4. The second kappa shape index (κ2) is 3.74. The fourth-order valence-electron chi connectivity index (χ4n) is 1.62. The van der Waals surface area contributed by atoms with Gasteiger partial charge >= 0.3 is 5.97 Å². The van der Waals surface area contributed by atoms with Gasteiger partial charge in [-0.2, -0.15) is 0 Å². The fraction of sp³-hybridized carbons (Fsp3) is 0.182. The molecule has 1 atom stereocenters. The van der Waals surface area contributed by atoms with Crippen molar-refractivity contribution >= 4 is 16.9 Å². The zero-order valence-corrected chi connectivity index (χ0v) is 8.10. The first-order valence-corrected chi connectivity index (χ1v) is 4.72. The maximum atomic E-state index is 10.6. The molecule has 4 N–H and O–H groups in total. The van der Waals surface area contributed by atoms with Gasteiger partial charge in [-0.3, -0.25) is 4.79 Å². The Bertz CT molecular complexity index is 490. The minimum atomic E-state index is -0.972. The number of carboxylic acid groups (broad SMARTS) is 1. The van der Waals surface area contributed by atoms with Gasteiger partial charge in [-0.25, -0.2) is 0 Å². The van der Waals surface area contributed by atoms with Crippen LogP contribution in [0.25, 0.3) is 10.9 Å². The Hall–Kier alpha value is -1.81. The van der Waals surface area contributed by atoms with Crippen molar-refractivity contribution in [1.29, 1.82) is 0 Å². The summed E-state index contributed by atoms with van der Waals surface area (Å²) in [7, 11) is 0. The van der Waals surface area contributed by atoms with E-state index in [-0.39, 0.29) is 0 Å². The van der Waals surface area contributed by atoms with Crippen molar-refractivity contribution in [3.63, 3.8) is 0 Å². The van der Waals surface area contributed by atoms with Crippen LogP contribution in [0.15, 0.2) is 30.5 Å². The van der Waals surface area contributed by atoms with E-state index in [2.05, 4.69) is 4.98 Å². The average molecular weight is 205 g/mol. The number of benzene rings is 1. The molecule has 0 saturated heterocycles. The predicted molar refractivity (Wildman–Crippen MR) is 57.6 cm³/mol. The summed E-state index contributed by atoms with van der Waals surface area (Å²) in [5.41, 5.74) is 7.43. The van der Waals surface area contributed by atoms with Gasteiger partial charge in [-0.1, -0.05) is 18.2 Å². The Labute approximate surface area is 86.7 Å². The average Bonchev–Trinajstić information content (AvgIpc) is 2.62. The van der Waals surface area contributed by atoms with Gasteiger partial charge in [0, 0.05) is 23.5 Å². The van der Waals surface area contributed by atoms with Crippen molar-refractivity contribution in [3.8, 4) is 0 Å². The van der Waals surface area contributed by atoms with Crippen LogP contribution in [0.3, 0.4) is 0 Å². The van der Waals surface area contributed by atoms with Crippen LogP contribution in [0.1, 0.15) is 5.56 Å². The van der Waals surface area contributed by atoms with E-state index in [1.807, 2.05) is 30.5 Å². The van der Waals surface area contributed by atoms with Gasteiger partial charge in [0.25, 0.3) is 0 Å². The van der Waals surface area contributed by atoms with E-state index in [1.165, 1.54) is 0 Å². The Morgan fingerprint density at radius 3 is 2.93 bits per heavy atom. The number of nitrogens with one attached hydrogen (secondary N) is 1. The van der Waals surface area contributed by atoms with Gasteiger partial charge in [0.15, 0.2) is 0 Å². The summed E-state index contributed by atoms with van der Waals surface area (Å²) in [6.07, 6.45) is 2.16. The molecule has 2 aromatic rings. The van der Waals surface area contributed by atoms with Gasteiger partial charge in [0.1, 0.15) is 6.04 Å². The van der Waals surface area contributed by atoms with Crippen molar-refractivity contribution in [3.05, 3.63) is 36.0 Å². The van der Waals surface area contributed by atoms with E-state index < -0.39 is 12.0 Å². The summed E-state index contributed by atoms with van der Waals surface area (Å²) in [4.78, 5) is 13.7. The second-order valence-corrected chi connectivity index (χ2v) is 3.51. The summed E-state index contributed by atoms with van der Waals surface area (Å²) >= 11 is 0. The third-order valence-electron chi connectivity index (χ3n) is 2.43. The van der Waals surface area contributed by atoms with Gasteiger partial charge in [0.2, 0.25) is 0 Å². The van der Waals surface area contributed by atoms with E-state index in [0.717, 1.165) is 16.5 Å². The molecule has 0 bridgehead atoms. The molecule has 0 amide bonds. The van der Waals surface area contributed by atoms with Crippen LogP contribution in [-0.4, -0.2) is 22.1 Å². The number of aromatic amines is 1. The van der Waals surface area contributed by atoms with Gasteiger partial charge in [0.05, 0.1) is 0 Å². The molecule has 78 valence electrons. The molecule has 1 unspecified atom stereocenters. The number of hydrogen-bond donors (Lipinski definition) is 3. The fourth-order valence-corrected chi connectivity index (χ4v) is 1.62. The molecule has 15 heavy (non-hydrogen) atoms. The van der Waals surface area contributed by atoms with Crippen molar-refractivity contribution < 1.29 is 9.90 Å². The van der Waals surface area contributed by atoms with E-state index in [1.54, 1.807) is 0 Å². The Morgan fingerprint density at radius 1 is 1.47 bits per heavy atom. The van der Waals surface area contributed by atoms with Crippen LogP contribution in [0.5, 0.6) is 0 Å². The molecule has 0 aliphatic carbocycles.